The fourth-order valence-electron chi connectivity index (χ4n) is 3.51. The summed E-state index contributed by atoms with van der Waals surface area (Å²) < 4.78 is 30.4. The molecule has 3 rings (SSSR count). The number of carbonyl (C=O) groups excluding carboxylic acids is 1. The molecule has 31 heavy (non-hydrogen) atoms. The van der Waals surface area contributed by atoms with E-state index < -0.39 is 10.0 Å². The molecule has 1 aliphatic heterocycles. The van der Waals surface area contributed by atoms with Crippen LogP contribution in [0.2, 0.25) is 0 Å². The number of amides is 1. The number of hydrogen-bond acceptors (Lipinski definition) is 5. The Bertz CT molecular complexity index is 967. The number of ether oxygens (including phenoxy) is 1. The Balaban J connectivity index is 1.47. The molecular formula is C23H31N3O4S. The molecule has 0 unspecified atom stereocenters. The SMILES string of the molecule is CC[C@@H](C)c1ccc(OCC(=O)Nc2ccc(N3CCN(S(C)(=O)=O)CC3)cc2)cc1. The second-order valence-electron chi connectivity index (χ2n) is 7.91. The second kappa shape index (κ2) is 10.2. The van der Waals surface area contributed by atoms with Gasteiger partial charge in [0.2, 0.25) is 10.0 Å². The van der Waals surface area contributed by atoms with Crippen LogP contribution in [0.4, 0.5) is 11.4 Å². The first-order valence-corrected chi connectivity index (χ1v) is 12.4. The highest BCUT2D eigenvalue weighted by atomic mass is 32.2. The lowest BCUT2D eigenvalue weighted by Gasteiger charge is -2.34. The van der Waals surface area contributed by atoms with Gasteiger partial charge in [-0.25, -0.2) is 8.42 Å². The second-order valence-corrected chi connectivity index (χ2v) is 9.89. The van der Waals surface area contributed by atoms with Gasteiger partial charge in [-0.15, -0.1) is 0 Å². The van der Waals surface area contributed by atoms with Crippen LogP contribution in [0.3, 0.4) is 0 Å². The minimum atomic E-state index is -3.14. The Morgan fingerprint density at radius 3 is 2.19 bits per heavy atom. The summed E-state index contributed by atoms with van der Waals surface area (Å²) in [5.41, 5.74) is 2.96. The molecule has 0 aliphatic carbocycles. The molecule has 1 fully saturated rings. The molecular weight excluding hydrogens is 414 g/mol. The molecule has 2 aromatic carbocycles. The van der Waals surface area contributed by atoms with E-state index in [1.165, 1.54) is 16.1 Å². The van der Waals surface area contributed by atoms with Crippen LogP contribution in [0.25, 0.3) is 0 Å². The van der Waals surface area contributed by atoms with Gasteiger partial charge in [0.05, 0.1) is 6.26 Å². The standard InChI is InChI=1S/C23H31N3O4S/c1-4-18(2)19-5-11-22(12-6-19)30-17-23(27)24-20-7-9-21(10-8-20)25-13-15-26(16-14-25)31(3,28)29/h5-12,18H,4,13-17H2,1-3H3,(H,24,27)/t18-/m1/s1. The Morgan fingerprint density at radius 1 is 1.03 bits per heavy atom. The van der Waals surface area contributed by atoms with Crippen LogP contribution in [0.15, 0.2) is 48.5 Å². The largest absolute Gasteiger partial charge is 0.484 e. The van der Waals surface area contributed by atoms with Crippen LogP contribution in [-0.2, 0) is 14.8 Å². The van der Waals surface area contributed by atoms with Crippen LogP contribution >= 0.6 is 0 Å². The minimum Gasteiger partial charge on any atom is -0.484 e. The van der Waals surface area contributed by atoms with Gasteiger partial charge in [0.1, 0.15) is 5.75 Å². The Kier molecular flexibility index (Phi) is 7.56. The van der Waals surface area contributed by atoms with Crippen molar-refractivity contribution in [2.75, 3.05) is 49.3 Å². The van der Waals surface area contributed by atoms with Crippen molar-refractivity contribution in [1.29, 1.82) is 0 Å². The molecule has 1 heterocycles. The normalized spacial score (nSPS) is 16.0. The third-order valence-corrected chi connectivity index (χ3v) is 6.96. The number of sulfonamides is 1. The van der Waals surface area contributed by atoms with Gasteiger partial charge < -0.3 is 15.0 Å². The molecule has 1 N–H and O–H groups in total. The van der Waals surface area contributed by atoms with E-state index in [4.69, 9.17) is 4.74 Å². The molecule has 1 saturated heterocycles. The smallest absolute Gasteiger partial charge is 0.262 e. The van der Waals surface area contributed by atoms with Crippen LogP contribution in [0.5, 0.6) is 5.75 Å². The van der Waals surface area contributed by atoms with E-state index in [1.54, 1.807) is 0 Å². The minimum absolute atomic E-state index is 0.0577. The third-order valence-electron chi connectivity index (χ3n) is 5.66. The highest BCUT2D eigenvalue weighted by molar-refractivity contribution is 7.88. The average molecular weight is 446 g/mol. The Hall–Kier alpha value is -2.58. The summed E-state index contributed by atoms with van der Waals surface area (Å²) in [6.07, 6.45) is 2.32. The Labute approximate surface area is 185 Å². The monoisotopic (exact) mass is 445 g/mol. The van der Waals surface area contributed by atoms with Crippen molar-refractivity contribution < 1.29 is 17.9 Å². The van der Waals surface area contributed by atoms with E-state index in [2.05, 4.69) is 24.1 Å². The Morgan fingerprint density at radius 2 is 1.65 bits per heavy atom. The van der Waals surface area contributed by atoms with Gasteiger partial charge in [0, 0.05) is 37.6 Å². The number of nitrogens with zero attached hydrogens (tertiary/aromatic N) is 2. The van der Waals surface area contributed by atoms with Crippen molar-refractivity contribution in [3.05, 3.63) is 54.1 Å². The number of anilines is 2. The van der Waals surface area contributed by atoms with E-state index in [9.17, 15) is 13.2 Å². The molecule has 1 atom stereocenters. The number of benzene rings is 2. The van der Waals surface area contributed by atoms with Crippen LogP contribution in [-0.4, -0.2) is 57.7 Å². The number of carbonyl (C=O) groups is 1. The van der Waals surface area contributed by atoms with Crippen LogP contribution in [0.1, 0.15) is 31.7 Å². The highest BCUT2D eigenvalue weighted by Gasteiger charge is 2.23. The lowest BCUT2D eigenvalue weighted by Crippen LogP contribution is -2.48. The summed E-state index contributed by atoms with van der Waals surface area (Å²) in [4.78, 5) is 14.4. The maximum atomic E-state index is 12.2. The quantitative estimate of drug-likeness (QED) is 0.675. The molecule has 1 amide bonds. The maximum absolute atomic E-state index is 12.2. The van der Waals surface area contributed by atoms with Crippen LogP contribution in [0, 0.1) is 0 Å². The zero-order chi connectivity index (χ0) is 22.4. The van der Waals surface area contributed by atoms with Crippen molar-refractivity contribution >= 4 is 27.3 Å². The lowest BCUT2D eigenvalue weighted by atomic mass is 9.99. The molecule has 0 bridgehead atoms. The van der Waals surface area contributed by atoms with Gasteiger partial charge in [0.25, 0.3) is 5.91 Å². The van der Waals surface area contributed by atoms with E-state index >= 15 is 0 Å². The predicted octanol–water partition coefficient (Wildman–Crippen LogP) is 3.30. The highest BCUT2D eigenvalue weighted by Crippen LogP contribution is 2.22. The molecule has 8 heteroatoms. The van der Waals surface area contributed by atoms with E-state index in [-0.39, 0.29) is 12.5 Å². The first kappa shape index (κ1) is 23.1. The van der Waals surface area contributed by atoms with E-state index in [0.717, 1.165) is 12.1 Å². The number of rotatable bonds is 8. The maximum Gasteiger partial charge on any atom is 0.262 e. The van der Waals surface area contributed by atoms with Gasteiger partial charge in [-0.2, -0.15) is 4.31 Å². The van der Waals surface area contributed by atoms with Crippen molar-refractivity contribution in [1.82, 2.24) is 4.31 Å². The molecule has 168 valence electrons. The van der Waals surface area contributed by atoms with Crippen molar-refractivity contribution in [3.63, 3.8) is 0 Å². The van der Waals surface area contributed by atoms with Crippen molar-refractivity contribution in [2.45, 2.75) is 26.2 Å². The van der Waals surface area contributed by atoms with Gasteiger partial charge in [-0.05, 0) is 54.3 Å². The molecule has 2 aromatic rings. The topological polar surface area (TPSA) is 79.0 Å². The van der Waals surface area contributed by atoms with Crippen molar-refractivity contribution in [3.8, 4) is 5.75 Å². The molecule has 0 spiro atoms. The molecule has 0 radical (unpaired) electrons. The van der Waals surface area contributed by atoms with Gasteiger partial charge in [0.15, 0.2) is 6.61 Å². The number of hydrogen-bond donors (Lipinski definition) is 1. The van der Waals surface area contributed by atoms with E-state index in [1.807, 2.05) is 48.5 Å². The summed E-state index contributed by atoms with van der Waals surface area (Å²) in [7, 11) is -3.14. The van der Waals surface area contributed by atoms with Gasteiger partial charge in [-0.3, -0.25) is 4.79 Å². The van der Waals surface area contributed by atoms with Gasteiger partial charge in [-0.1, -0.05) is 26.0 Å². The van der Waals surface area contributed by atoms with E-state index in [0.29, 0.717) is 43.5 Å². The first-order valence-electron chi connectivity index (χ1n) is 10.6. The summed E-state index contributed by atoms with van der Waals surface area (Å²) in [5.74, 6) is 0.954. The fraction of sp³-hybridized carbons (Fsp3) is 0.435. The van der Waals surface area contributed by atoms with Gasteiger partial charge >= 0.3 is 0 Å². The fourth-order valence-corrected chi connectivity index (χ4v) is 4.33. The summed E-state index contributed by atoms with van der Waals surface area (Å²) in [6, 6.07) is 15.4. The molecule has 7 nitrogen and oxygen atoms in total. The molecule has 1 aliphatic rings. The number of piperazine rings is 1. The third kappa shape index (κ3) is 6.45. The average Bonchev–Trinajstić information content (AvgIpc) is 2.77. The first-order chi connectivity index (χ1) is 14.8. The van der Waals surface area contributed by atoms with Crippen LogP contribution < -0.4 is 15.0 Å². The lowest BCUT2D eigenvalue weighted by molar-refractivity contribution is -0.118. The summed E-state index contributed by atoms with van der Waals surface area (Å²) in [5, 5.41) is 2.84. The molecule has 0 saturated carbocycles. The molecule has 0 aromatic heterocycles. The number of nitrogens with one attached hydrogen (secondary N) is 1. The summed E-state index contributed by atoms with van der Waals surface area (Å²) >= 11 is 0. The zero-order valence-corrected chi connectivity index (χ0v) is 19.2. The predicted molar refractivity (Wildman–Crippen MR) is 124 cm³/mol. The van der Waals surface area contributed by atoms with Crippen molar-refractivity contribution in [2.24, 2.45) is 0 Å². The zero-order valence-electron chi connectivity index (χ0n) is 18.4. The summed E-state index contributed by atoms with van der Waals surface area (Å²) in [6.45, 7) is 6.53.